The zero-order valence-corrected chi connectivity index (χ0v) is 21.2. The van der Waals surface area contributed by atoms with Crippen molar-refractivity contribution in [2.75, 3.05) is 20.1 Å². The molecule has 3 N–H and O–H groups in total. The summed E-state index contributed by atoms with van der Waals surface area (Å²) in [6, 6.07) is 10.3. The number of hydrogen-bond donors (Lipinski definition) is 2. The van der Waals surface area contributed by atoms with Gasteiger partial charge >= 0.3 is 6.09 Å². The molecule has 0 aliphatic carbocycles. The molecule has 32 heavy (non-hydrogen) atoms. The van der Waals surface area contributed by atoms with Crippen molar-refractivity contribution in [2.24, 2.45) is 5.73 Å². The molecule has 0 heterocycles. The molecule has 0 aliphatic rings. The van der Waals surface area contributed by atoms with Crippen LogP contribution in [0.3, 0.4) is 0 Å². The van der Waals surface area contributed by atoms with Crippen molar-refractivity contribution >= 4 is 12.4 Å². The van der Waals surface area contributed by atoms with Gasteiger partial charge in [-0.1, -0.05) is 42.8 Å². The number of allylic oxidation sites excluding steroid dienone is 3. The molecule has 1 rings (SSSR count). The van der Waals surface area contributed by atoms with E-state index >= 15 is 0 Å². The minimum Gasteiger partial charge on any atom is -0.444 e. The molecular formula is C26H43N3O3. The summed E-state index contributed by atoms with van der Waals surface area (Å²) in [5, 5.41) is 3.35. The Morgan fingerprint density at radius 2 is 1.72 bits per heavy atom. The van der Waals surface area contributed by atoms with Gasteiger partial charge in [0.05, 0.1) is 6.54 Å². The molecule has 6 nitrogen and oxygen atoms in total. The van der Waals surface area contributed by atoms with E-state index in [1.165, 1.54) is 12.6 Å². The smallest absolute Gasteiger partial charge is 0.410 e. The maximum Gasteiger partial charge on any atom is 0.410 e. The van der Waals surface area contributed by atoms with Crippen LogP contribution in [0.1, 0.15) is 66.9 Å². The lowest BCUT2D eigenvalue weighted by atomic mass is 10.1. The summed E-state index contributed by atoms with van der Waals surface area (Å²) in [6.45, 7) is 14.4. The molecule has 0 unspecified atom stereocenters. The Morgan fingerprint density at radius 3 is 2.22 bits per heavy atom. The molecule has 1 aromatic carbocycles. The third-order valence-corrected chi connectivity index (χ3v) is 4.89. The van der Waals surface area contributed by atoms with Gasteiger partial charge in [0, 0.05) is 23.5 Å². The highest BCUT2D eigenvalue weighted by molar-refractivity contribution is 5.73. The van der Waals surface area contributed by atoms with Crippen molar-refractivity contribution in [2.45, 2.75) is 73.3 Å². The monoisotopic (exact) mass is 445 g/mol. The lowest BCUT2D eigenvalue weighted by Crippen LogP contribution is -2.40. The SMILES string of the molecule is CCC(C)=C(CN(CCCc1ccccc1)C(=O)OC(C)(C)C)N/C(C)=C(\C)C=O.CN. The first-order valence-electron chi connectivity index (χ1n) is 11.2. The second kappa shape index (κ2) is 15.2. The van der Waals surface area contributed by atoms with Gasteiger partial charge in [-0.05, 0) is 73.4 Å². The molecule has 0 bridgehead atoms. The number of rotatable bonds is 10. The van der Waals surface area contributed by atoms with Gasteiger partial charge in [0.1, 0.15) is 11.9 Å². The molecule has 1 amide bonds. The summed E-state index contributed by atoms with van der Waals surface area (Å²) in [4.78, 5) is 25.8. The van der Waals surface area contributed by atoms with E-state index < -0.39 is 5.60 Å². The third kappa shape index (κ3) is 11.7. The van der Waals surface area contributed by atoms with Crippen LogP contribution >= 0.6 is 0 Å². The zero-order chi connectivity index (χ0) is 24.7. The quantitative estimate of drug-likeness (QED) is 0.382. The number of carbonyl (C=O) groups excluding carboxylic acids is 2. The normalized spacial score (nSPS) is 12.5. The van der Waals surface area contributed by atoms with E-state index in [0.29, 0.717) is 18.7 Å². The Kier molecular flexibility index (Phi) is 14.0. The van der Waals surface area contributed by atoms with E-state index in [9.17, 15) is 9.59 Å². The Morgan fingerprint density at radius 1 is 1.12 bits per heavy atom. The second-order valence-corrected chi connectivity index (χ2v) is 8.65. The van der Waals surface area contributed by atoms with E-state index in [1.54, 1.807) is 11.8 Å². The minimum absolute atomic E-state index is 0.326. The first kappa shape index (κ1) is 29.4. The van der Waals surface area contributed by atoms with Crippen LogP contribution in [0.25, 0.3) is 0 Å². The Bertz CT molecular complexity index is 762. The van der Waals surface area contributed by atoms with E-state index in [1.807, 2.05) is 52.8 Å². The van der Waals surface area contributed by atoms with Crippen molar-refractivity contribution in [3.63, 3.8) is 0 Å². The minimum atomic E-state index is -0.560. The summed E-state index contributed by atoms with van der Waals surface area (Å²) in [5.41, 5.74) is 8.70. The number of ether oxygens (including phenoxy) is 1. The van der Waals surface area contributed by atoms with Crippen molar-refractivity contribution in [3.8, 4) is 0 Å². The summed E-state index contributed by atoms with van der Waals surface area (Å²) >= 11 is 0. The van der Waals surface area contributed by atoms with Crippen LogP contribution in [0, 0.1) is 0 Å². The zero-order valence-electron chi connectivity index (χ0n) is 21.2. The fourth-order valence-electron chi connectivity index (χ4n) is 2.78. The molecule has 0 aliphatic heterocycles. The molecule has 1 aromatic rings. The van der Waals surface area contributed by atoms with E-state index in [4.69, 9.17) is 4.74 Å². The molecule has 0 radical (unpaired) electrons. The van der Waals surface area contributed by atoms with Gasteiger partial charge in [0.25, 0.3) is 0 Å². The molecule has 180 valence electrons. The maximum absolute atomic E-state index is 12.9. The van der Waals surface area contributed by atoms with Gasteiger partial charge in [-0.15, -0.1) is 0 Å². The lowest BCUT2D eigenvalue weighted by Gasteiger charge is -2.29. The molecule has 0 spiro atoms. The molecular weight excluding hydrogens is 402 g/mol. The van der Waals surface area contributed by atoms with Crippen molar-refractivity contribution in [1.82, 2.24) is 10.2 Å². The second-order valence-electron chi connectivity index (χ2n) is 8.65. The molecule has 0 aromatic heterocycles. The van der Waals surface area contributed by atoms with Crippen LogP contribution in [0.15, 0.2) is 52.9 Å². The van der Waals surface area contributed by atoms with Crippen LogP contribution < -0.4 is 11.1 Å². The first-order valence-corrected chi connectivity index (χ1v) is 11.2. The predicted molar refractivity (Wildman–Crippen MR) is 133 cm³/mol. The van der Waals surface area contributed by atoms with Gasteiger partial charge in [-0.2, -0.15) is 0 Å². The van der Waals surface area contributed by atoms with E-state index in [2.05, 4.69) is 30.1 Å². The highest BCUT2D eigenvalue weighted by Gasteiger charge is 2.23. The molecule has 6 heteroatoms. The Balaban J connectivity index is 0.00000466. The highest BCUT2D eigenvalue weighted by atomic mass is 16.6. The largest absolute Gasteiger partial charge is 0.444 e. The highest BCUT2D eigenvalue weighted by Crippen LogP contribution is 2.16. The number of nitrogens with one attached hydrogen (secondary N) is 1. The first-order chi connectivity index (χ1) is 15.1. The Labute approximate surface area is 194 Å². The van der Waals surface area contributed by atoms with Crippen LogP contribution in [-0.4, -0.2) is 43.0 Å². The standard InChI is InChI=1S/C25H38N2O3.CH5N/c1-8-19(2)23(26-21(4)20(3)18-28)17-27(24(29)30-25(5,6)7)16-12-15-22-13-10-9-11-14-22;1-2/h9-11,13-14,18,26H,8,12,15-17H2,1-7H3;2H2,1H3/b21-20+,23-19?;. The van der Waals surface area contributed by atoms with Gasteiger partial charge in [0.15, 0.2) is 0 Å². The lowest BCUT2D eigenvalue weighted by molar-refractivity contribution is -0.104. The third-order valence-electron chi connectivity index (χ3n) is 4.89. The van der Waals surface area contributed by atoms with E-state index in [-0.39, 0.29) is 6.09 Å². The number of nitrogens with two attached hydrogens (primary N) is 1. The van der Waals surface area contributed by atoms with Gasteiger partial charge in [-0.3, -0.25) is 4.79 Å². The number of aryl methyl sites for hydroxylation is 1. The Hall–Kier alpha value is -2.60. The average molecular weight is 446 g/mol. The van der Waals surface area contributed by atoms with Gasteiger partial charge in [-0.25, -0.2) is 4.79 Å². The number of amides is 1. The van der Waals surface area contributed by atoms with Crippen molar-refractivity contribution in [1.29, 1.82) is 0 Å². The molecule has 0 atom stereocenters. The van der Waals surface area contributed by atoms with Crippen LogP contribution in [0.4, 0.5) is 4.79 Å². The molecule has 0 saturated heterocycles. The van der Waals surface area contributed by atoms with Crippen LogP contribution in [-0.2, 0) is 16.0 Å². The summed E-state index contributed by atoms with van der Waals surface area (Å²) < 4.78 is 5.66. The predicted octanol–water partition coefficient (Wildman–Crippen LogP) is 5.20. The average Bonchev–Trinajstić information content (AvgIpc) is 2.77. The molecule has 0 saturated carbocycles. The maximum atomic E-state index is 12.9. The summed E-state index contributed by atoms with van der Waals surface area (Å²) in [6.07, 6.45) is 3.09. The van der Waals surface area contributed by atoms with Crippen LogP contribution in [0.2, 0.25) is 0 Å². The fraction of sp³-hybridized carbons (Fsp3) is 0.538. The van der Waals surface area contributed by atoms with Crippen molar-refractivity contribution < 1.29 is 14.3 Å². The van der Waals surface area contributed by atoms with E-state index in [0.717, 1.165) is 42.5 Å². The number of aldehydes is 1. The number of hydrogen-bond acceptors (Lipinski definition) is 5. The topological polar surface area (TPSA) is 84.7 Å². The van der Waals surface area contributed by atoms with Crippen LogP contribution in [0.5, 0.6) is 0 Å². The summed E-state index contributed by atoms with van der Waals surface area (Å²) in [7, 11) is 1.50. The summed E-state index contributed by atoms with van der Waals surface area (Å²) in [5.74, 6) is 0. The fourth-order valence-corrected chi connectivity index (χ4v) is 2.78. The number of nitrogens with zero attached hydrogens (tertiary/aromatic N) is 1. The number of benzene rings is 1. The molecule has 0 fully saturated rings. The van der Waals surface area contributed by atoms with Gasteiger partial charge < -0.3 is 20.7 Å². The van der Waals surface area contributed by atoms with Crippen molar-refractivity contribution in [3.05, 3.63) is 58.4 Å². The number of carbonyl (C=O) groups is 2. The van der Waals surface area contributed by atoms with Gasteiger partial charge in [0.2, 0.25) is 0 Å².